The number of epoxide rings is 2. The number of methoxy groups -OCH3 is 2. The minimum Gasteiger partial charge on any atom is -0.497 e. The second-order valence-corrected chi connectivity index (χ2v) is 21.7. The molecule has 0 aromatic heterocycles. The van der Waals surface area contributed by atoms with Crippen molar-refractivity contribution in [2.45, 2.75) is 116 Å². The highest BCUT2D eigenvalue weighted by atomic mass is 16.6. The first-order valence-corrected chi connectivity index (χ1v) is 28.5. The van der Waals surface area contributed by atoms with Crippen LogP contribution in [0.25, 0.3) is 0 Å². The smallest absolute Gasteiger partial charge is 0.317 e. The highest BCUT2D eigenvalue weighted by Gasteiger charge is 2.51. The third-order valence-corrected chi connectivity index (χ3v) is 14.6. The minimum atomic E-state index is -1.01. The molecule has 8 rings (SSSR count). The lowest BCUT2D eigenvalue weighted by Crippen LogP contribution is -2.57. The van der Waals surface area contributed by atoms with Crippen molar-refractivity contribution < 1.29 is 71.9 Å². The van der Waals surface area contributed by atoms with Crippen LogP contribution in [0.3, 0.4) is 0 Å². The Hall–Kier alpha value is -7.64. The normalized spacial score (nSPS) is 19.7. The second kappa shape index (κ2) is 35.2. The molecule has 23 heteroatoms. The SMILES string of the molecule is C.C.COc1ccc(C[C@H](NC(=O)[C@H](C)N)C(=O)N[C@@H](Cc2ccccc2)C(=O)[C@@]2(C)CO2)cc1.COc1ccc(C[C@H](NC(=O)[C@H](C)NC(=O)CN2CCOCC2)C(=O)N[C@@H](Cc2ccccc2)C(=O)[C@@]2(C)CO2)cc1.O=C(O)CN1CCOCC1. The molecule has 0 aliphatic carbocycles. The number of nitrogens with zero attached hydrogens (tertiary/aromatic N) is 2. The summed E-state index contributed by atoms with van der Waals surface area (Å²) < 4.78 is 31.5. The van der Waals surface area contributed by atoms with E-state index in [0.717, 1.165) is 35.3 Å². The van der Waals surface area contributed by atoms with E-state index in [2.05, 4.69) is 26.6 Å². The summed E-state index contributed by atoms with van der Waals surface area (Å²) in [5.41, 5.74) is 7.26. The molecule has 23 nitrogen and oxygen atoms in total. The van der Waals surface area contributed by atoms with Gasteiger partial charge in [0.15, 0.2) is 11.6 Å². The van der Waals surface area contributed by atoms with Crippen LogP contribution in [-0.2, 0) is 83.0 Å². The molecular weight excluding hydrogens is 1120 g/mol. The Morgan fingerprint density at radius 2 is 0.839 bits per heavy atom. The van der Waals surface area contributed by atoms with Crippen molar-refractivity contribution in [3.05, 3.63) is 131 Å². The zero-order valence-corrected chi connectivity index (χ0v) is 49.3. The maximum absolute atomic E-state index is 13.7. The molecule has 0 spiro atoms. The fourth-order valence-corrected chi connectivity index (χ4v) is 9.18. The molecule has 0 saturated carbocycles. The van der Waals surface area contributed by atoms with Crippen LogP contribution in [0.1, 0.15) is 64.8 Å². The molecule has 4 fully saturated rings. The predicted octanol–water partition coefficient (Wildman–Crippen LogP) is 2.48. The number of morpholine rings is 2. The molecular formula is C64H90N8O15. The number of carboxylic acid groups (broad SMARTS) is 1. The van der Waals surface area contributed by atoms with Crippen LogP contribution in [0, 0.1) is 0 Å². The van der Waals surface area contributed by atoms with Gasteiger partial charge < -0.3 is 65.8 Å². The van der Waals surface area contributed by atoms with E-state index in [-0.39, 0.29) is 64.7 Å². The number of carbonyl (C=O) groups is 8. The lowest BCUT2D eigenvalue weighted by Gasteiger charge is -2.27. The van der Waals surface area contributed by atoms with Crippen LogP contribution in [0.15, 0.2) is 109 Å². The first-order chi connectivity index (χ1) is 40.7. The number of hydrogen-bond donors (Lipinski definition) is 7. The number of rotatable bonds is 27. The Morgan fingerprint density at radius 1 is 0.506 bits per heavy atom. The molecule has 4 aromatic carbocycles. The van der Waals surface area contributed by atoms with Gasteiger partial charge in [0.1, 0.15) is 40.8 Å². The number of ketones is 2. The Bertz CT molecular complexity index is 2820. The summed E-state index contributed by atoms with van der Waals surface area (Å²) >= 11 is 0. The summed E-state index contributed by atoms with van der Waals surface area (Å²) in [4.78, 5) is 106. The maximum atomic E-state index is 13.7. The monoisotopic (exact) mass is 1210 g/mol. The van der Waals surface area contributed by atoms with Gasteiger partial charge in [-0.05, 0) is 87.1 Å². The molecule has 476 valence electrons. The van der Waals surface area contributed by atoms with E-state index in [4.69, 9.17) is 39.3 Å². The van der Waals surface area contributed by atoms with Gasteiger partial charge in [-0.15, -0.1) is 0 Å². The summed E-state index contributed by atoms with van der Waals surface area (Å²) in [6, 6.07) is 28.0. The van der Waals surface area contributed by atoms with Crippen molar-refractivity contribution in [2.24, 2.45) is 5.73 Å². The standard InChI is InChI=1S/C31H40N4O7.C25H31N3O5.C6H11NO3.2CH4/c1-21(32-27(36)19-35-13-15-41-16-14-35)29(38)34-26(18-23-9-11-24(40-3)12-10-23)30(39)33-25(28(37)31(2)20-42-31)17-22-7-5-4-6-8-22;1-16(26)23(30)28-21(14-18-9-11-19(32-3)12-10-18)24(31)27-20(22(29)25(2)15-33-25)13-17-7-5-4-6-8-17;8-6(9)5-7-1-3-10-4-2-7;;/h4-12,21,25-26H,13-20H2,1-3H3,(H,32,36)(H,33,39)(H,34,38);4-12,16,20-21H,13-15,26H2,1-3H3,(H,27,31)(H,28,30);1-5H2,(H,8,9);2*1H4/t21-,25-,26-,31+;16-,20-,21-,25+;;;/m00.../s1. The summed E-state index contributed by atoms with van der Waals surface area (Å²) in [7, 11) is 3.14. The third-order valence-electron chi connectivity index (χ3n) is 14.6. The molecule has 5 amide bonds. The Morgan fingerprint density at radius 3 is 1.18 bits per heavy atom. The molecule has 8 atom stereocenters. The topological polar surface area (TPSA) is 311 Å². The molecule has 4 heterocycles. The van der Waals surface area contributed by atoms with Gasteiger partial charge in [0, 0.05) is 39.0 Å². The molecule has 87 heavy (non-hydrogen) atoms. The lowest BCUT2D eigenvalue weighted by molar-refractivity contribution is -0.139. The van der Waals surface area contributed by atoms with Gasteiger partial charge in [0.05, 0.1) is 85.1 Å². The molecule has 8 N–H and O–H groups in total. The Labute approximate surface area is 511 Å². The minimum absolute atomic E-state index is 0. The zero-order chi connectivity index (χ0) is 61.5. The van der Waals surface area contributed by atoms with E-state index in [9.17, 15) is 38.4 Å². The van der Waals surface area contributed by atoms with Crippen LogP contribution in [0.2, 0.25) is 0 Å². The highest BCUT2D eigenvalue weighted by Crippen LogP contribution is 2.30. The van der Waals surface area contributed by atoms with E-state index in [1.165, 1.54) is 0 Å². The number of amides is 5. The van der Waals surface area contributed by atoms with E-state index in [1.54, 1.807) is 66.2 Å². The molecule has 0 bridgehead atoms. The van der Waals surface area contributed by atoms with E-state index in [0.29, 0.717) is 70.7 Å². The van der Waals surface area contributed by atoms with Crippen molar-refractivity contribution in [3.63, 3.8) is 0 Å². The van der Waals surface area contributed by atoms with Crippen molar-refractivity contribution in [1.29, 1.82) is 0 Å². The summed E-state index contributed by atoms with van der Waals surface area (Å²) in [6.45, 7) is 12.7. The van der Waals surface area contributed by atoms with Crippen LogP contribution in [-0.4, -0.2) is 203 Å². The van der Waals surface area contributed by atoms with Gasteiger partial charge in [0.25, 0.3) is 0 Å². The van der Waals surface area contributed by atoms with Crippen molar-refractivity contribution in [3.8, 4) is 11.5 Å². The van der Waals surface area contributed by atoms with Gasteiger partial charge in [-0.1, -0.05) is 99.8 Å². The van der Waals surface area contributed by atoms with Crippen LogP contribution in [0.4, 0.5) is 0 Å². The van der Waals surface area contributed by atoms with E-state index < -0.39 is 77.1 Å². The summed E-state index contributed by atoms with van der Waals surface area (Å²) in [6.07, 6.45) is 0.993. The number of benzene rings is 4. The summed E-state index contributed by atoms with van der Waals surface area (Å²) in [5, 5.41) is 22.3. The molecule has 4 saturated heterocycles. The number of Topliss-reactive ketones (excluding diaryl/α,β-unsaturated/α-hetero) is 2. The van der Waals surface area contributed by atoms with Crippen molar-refractivity contribution in [1.82, 2.24) is 36.4 Å². The van der Waals surface area contributed by atoms with Crippen LogP contribution in [0.5, 0.6) is 11.5 Å². The van der Waals surface area contributed by atoms with Gasteiger partial charge in [-0.3, -0.25) is 48.2 Å². The number of nitrogens with one attached hydrogen (secondary N) is 5. The van der Waals surface area contributed by atoms with Crippen LogP contribution < -0.4 is 41.8 Å². The Kier molecular flexibility index (Phi) is 29.1. The molecule has 4 aromatic rings. The number of carbonyl (C=O) groups excluding carboxylic acids is 7. The number of aliphatic carboxylic acids is 1. The molecule has 4 aliphatic rings. The fourth-order valence-electron chi connectivity index (χ4n) is 9.18. The quantitative estimate of drug-likeness (QED) is 0.0422. The highest BCUT2D eigenvalue weighted by molar-refractivity contribution is 5.99. The third kappa shape index (κ3) is 23.9. The number of nitrogens with two attached hydrogens (primary N) is 1. The molecule has 0 unspecified atom stereocenters. The first kappa shape index (κ1) is 71.8. The lowest BCUT2D eigenvalue weighted by atomic mass is 9.94. The summed E-state index contributed by atoms with van der Waals surface area (Å²) in [5.74, 6) is -2.06. The van der Waals surface area contributed by atoms with E-state index in [1.807, 2.05) is 94.7 Å². The average molecular weight is 1210 g/mol. The van der Waals surface area contributed by atoms with Gasteiger partial charge in [0.2, 0.25) is 29.5 Å². The Balaban J connectivity index is 0.000000320. The van der Waals surface area contributed by atoms with Crippen LogP contribution >= 0.6 is 0 Å². The average Bonchev–Trinajstić information content (AvgIpc) is 2.59. The number of hydrogen-bond acceptors (Lipinski definition) is 17. The maximum Gasteiger partial charge on any atom is 0.317 e. The second-order valence-electron chi connectivity index (χ2n) is 21.7. The van der Waals surface area contributed by atoms with Gasteiger partial charge in [-0.25, -0.2) is 0 Å². The molecule has 4 aliphatic heterocycles. The van der Waals surface area contributed by atoms with E-state index >= 15 is 0 Å². The first-order valence-electron chi connectivity index (χ1n) is 28.5. The number of ether oxygens (including phenoxy) is 6. The zero-order valence-electron chi connectivity index (χ0n) is 49.3. The number of carboxylic acids is 1. The largest absolute Gasteiger partial charge is 0.497 e. The molecule has 0 radical (unpaired) electrons. The predicted molar refractivity (Wildman–Crippen MR) is 327 cm³/mol. The fraction of sp³-hybridized carbons (Fsp3) is 0.500. The van der Waals surface area contributed by atoms with Crippen molar-refractivity contribution in [2.75, 3.05) is 93.1 Å². The van der Waals surface area contributed by atoms with Crippen molar-refractivity contribution >= 4 is 47.1 Å². The van der Waals surface area contributed by atoms with Gasteiger partial charge in [-0.2, -0.15) is 0 Å². The van der Waals surface area contributed by atoms with Gasteiger partial charge >= 0.3 is 5.97 Å².